The van der Waals surface area contributed by atoms with Crippen LogP contribution in [-0.4, -0.2) is 54.0 Å². The quantitative estimate of drug-likeness (QED) is 0.804. The topological polar surface area (TPSA) is 90.8 Å². The molecule has 0 spiro atoms. The number of carboxylic acids is 1. The maximum atomic E-state index is 13.4. The Hall–Kier alpha value is -2.45. The number of aromatic nitrogens is 1. The van der Waals surface area contributed by atoms with E-state index in [9.17, 15) is 18.3 Å². The predicted octanol–water partition coefficient (Wildman–Crippen LogP) is 2.79. The molecule has 1 unspecified atom stereocenters. The van der Waals surface area contributed by atoms with Crippen LogP contribution in [0.2, 0.25) is 0 Å². The van der Waals surface area contributed by atoms with Gasteiger partial charge in [0.15, 0.2) is 0 Å². The molecule has 2 heterocycles. The van der Waals surface area contributed by atoms with E-state index in [1.54, 1.807) is 18.2 Å². The van der Waals surface area contributed by atoms with Crippen LogP contribution in [0.4, 0.5) is 5.82 Å². The first kappa shape index (κ1) is 20.8. The highest BCUT2D eigenvalue weighted by atomic mass is 32.2. The molecule has 1 aromatic heterocycles. The Labute approximate surface area is 177 Å². The van der Waals surface area contributed by atoms with Crippen LogP contribution in [0.3, 0.4) is 0 Å². The maximum Gasteiger partial charge on any atom is 0.310 e. The lowest BCUT2D eigenvalue weighted by Crippen LogP contribution is -2.60. The van der Waals surface area contributed by atoms with Crippen LogP contribution in [0.1, 0.15) is 42.9 Å². The minimum Gasteiger partial charge on any atom is -0.481 e. The molecule has 1 aliphatic carbocycles. The van der Waals surface area contributed by atoms with E-state index in [-0.39, 0.29) is 4.90 Å². The van der Waals surface area contributed by atoms with Crippen molar-refractivity contribution in [1.82, 2.24) is 9.29 Å². The number of benzene rings is 1. The molecule has 1 saturated heterocycles. The summed E-state index contributed by atoms with van der Waals surface area (Å²) in [7, 11) is -3.72. The number of fused-ring (bicyclic) bond motifs is 1. The zero-order chi connectivity index (χ0) is 21.7. The second-order valence-electron chi connectivity index (χ2n) is 8.79. The molecule has 2 aliphatic rings. The molecule has 1 aromatic carbocycles. The van der Waals surface area contributed by atoms with E-state index in [2.05, 4.69) is 9.88 Å². The van der Waals surface area contributed by atoms with Gasteiger partial charge in [-0.15, -0.1) is 0 Å². The van der Waals surface area contributed by atoms with Gasteiger partial charge in [0.1, 0.15) is 5.82 Å². The van der Waals surface area contributed by atoms with E-state index < -0.39 is 27.4 Å². The second kappa shape index (κ2) is 7.35. The molecule has 1 aliphatic heterocycles. The smallest absolute Gasteiger partial charge is 0.310 e. The van der Waals surface area contributed by atoms with Crippen molar-refractivity contribution in [3.8, 4) is 0 Å². The van der Waals surface area contributed by atoms with E-state index >= 15 is 0 Å². The molecular weight excluding hydrogens is 402 g/mol. The number of sulfonamides is 1. The van der Waals surface area contributed by atoms with Crippen LogP contribution < -0.4 is 4.90 Å². The first-order chi connectivity index (χ1) is 14.1. The Balaban J connectivity index is 1.60. The molecule has 0 radical (unpaired) electrons. The van der Waals surface area contributed by atoms with Crippen LogP contribution in [0.15, 0.2) is 41.4 Å². The van der Waals surface area contributed by atoms with Gasteiger partial charge < -0.3 is 10.0 Å². The lowest BCUT2D eigenvalue weighted by molar-refractivity contribution is -0.138. The van der Waals surface area contributed by atoms with Crippen molar-refractivity contribution >= 4 is 21.8 Å². The summed E-state index contributed by atoms with van der Waals surface area (Å²) in [5, 5.41) is 9.45. The monoisotopic (exact) mass is 429 g/mol. The molecular formula is C22H27N3O4S. The molecule has 30 heavy (non-hydrogen) atoms. The Kier molecular flexibility index (Phi) is 5.10. The fourth-order valence-corrected chi connectivity index (χ4v) is 6.13. The van der Waals surface area contributed by atoms with Crippen LogP contribution in [0, 0.1) is 6.92 Å². The Morgan fingerprint density at radius 1 is 1.20 bits per heavy atom. The number of carboxylic acid groups (broad SMARTS) is 1. The number of hydrogen-bond donors (Lipinski definition) is 1. The summed E-state index contributed by atoms with van der Waals surface area (Å²) >= 11 is 0. The molecule has 4 rings (SSSR count). The van der Waals surface area contributed by atoms with Crippen molar-refractivity contribution in [2.24, 2.45) is 0 Å². The first-order valence-corrected chi connectivity index (χ1v) is 11.6. The summed E-state index contributed by atoms with van der Waals surface area (Å²) in [6.45, 7) is 7.22. The molecule has 8 heteroatoms. The van der Waals surface area contributed by atoms with Gasteiger partial charge in [0.2, 0.25) is 10.0 Å². The fraction of sp³-hybridized carbons (Fsp3) is 0.455. The van der Waals surface area contributed by atoms with Crippen molar-refractivity contribution in [3.63, 3.8) is 0 Å². The van der Waals surface area contributed by atoms with Gasteiger partial charge in [-0.25, -0.2) is 13.4 Å². The molecule has 0 saturated carbocycles. The van der Waals surface area contributed by atoms with E-state index in [0.717, 1.165) is 16.9 Å². The van der Waals surface area contributed by atoms with Gasteiger partial charge in [-0.05, 0) is 68.5 Å². The number of nitrogens with zero attached hydrogens (tertiary/aromatic N) is 3. The van der Waals surface area contributed by atoms with Gasteiger partial charge in [-0.3, -0.25) is 4.79 Å². The summed E-state index contributed by atoms with van der Waals surface area (Å²) in [6.07, 6.45) is 3.00. The first-order valence-electron chi connectivity index (χ1n) is 10.2. The largest absolute Gasteiger partial charge is 0.481 e. The second-order valence-corrected chi connectivity index (χ2v) is 10.7. The third-order valence-corrected chi connectivity index (χ3v) is 8.01. The normalized spacial score (nSPS) is 21.4. The molecule has 7 nitrogen and oxygen atoms in total. The zero-order valence-corrected chi connectivity index (χ0v) is 18.3. The number of carbonyl (C=O) groups is 1. The summed E-state index contributed by atoms with van der Waals surface area (Å²) in [5.41, 5.74) is 2.20. The zero-order valence-electron chi connectivity index (χ0n) is 17.5. The highest BCUT2D eigenvalue weighted by Crippen LogP contribution is 2.36. The minimum absolute atomic E-state index is 0.173. The van der Waals surface area contributed by atoms with Crippen molar-refractivity contribution in [2.75, 3.05) is 24.5 Å². The number of anilines is 1. The van der Waals surface area contributed by atoms with Gasteiger partial charge in [0.25, 0.3) is 0 Å². The molecule has 0 amide bonds. The van der Waals surface area contributed by atoms with Crippen LogP contribution in [0.25, 0.3) is 0 Å². The number of hydrogen-bond acceptors (Lipinski definition) is 5. The summed E-state index contributed by atoms with van der Waals surface area (Å²) in [5.74, 6) is -0.691. The summed E-state index contributed by atoms with van der Waals surface area (Å²) < 4.78 is 28.3. The average Bonchev–Trinajstić information content (AvgIpc) is 3.11. The number of pyridine rings is 1. The third kappa shape index (κ3) is 3.58. The van der Waals surface area contributed by atoms with Gasteiger partial charge >= 0.3 is 5.97 Å². The lowest BCUT2D eigenvalue weighted by Gasteiger charge is -2.47. The number of aliphatic carboxylic acids is 1. The SMILES string of the molecule is Cc1ccc(N2CCN(S(=O)(=O)c3ccc4c(c3)C(C(=O)O)CC4)CC2(C)C)nc1. The van der Waals surface area contributed by atoms with Gasteiger partial charge in [-0.1, -0.05) is 12.1 Å². The highest BCUT2D eigenvalue weighted by Gasteiger charge is 2.40. The van der Waals surface area contributed by atoms with E-state index in [4.69, 9.17) is 0 Å². The van der Waals surface area contributed by atoms with Gasteiger partial charge in [-0.2, -0.15) is 4.31 Å². The molecule has 160 valence electrons. The summed E-state index contributed by atoms with van der Waals surface area (Å²) in [6, 6.07) is 8.91. The van der Waals surface area contributed by atoms with Crippen molar-refractivity contribution in [1.29, 1.82) is 0 Å². The van der Waals surface area contributed by atoms with E-state index in [1.807, 2.05) is 39.1 Å². The van der Waals surface area contributed by atoms with Crippen LogP contribution in [-0.2, 0) is 21.2 Å². The molecule has 1 fully saturated rings. The molecule has 2 aromatic rings. The Morgan fingerprint density at radius 3 is 2.60 bits per heavy atom. The lowest BCUT2D eigenvalue weighted by atomic mass is 10.00. The number of piperazine rings is 1. The maximum absolute atomic E-state index is 13.4. The number of aryl methyl sites for hydroxylation is 2. The molecule has 1 atom stereocenters. The predicted molar refractivity (Wildman–Crippen MR) is 114 cm³/mol. The highest BCUT2D eigenvalue weighted by molar-refractivity contribution is 7.89. The van der Waals surface area contributed by atoms with Crippen molar-refractivity contribution < 1.29 is 18.3 Å². The van der Waals surface area contributed by atoms with Gasteiger partial charge in [0, 0.05) is 31.4 Å². The van der Waals surface area contributed by atoms with Crippen molar-refractivity contribution in [3.05, 3.63) is 53.2 Å². The minimum atomic E-state index is -3.72. The average molecular weight is 430 g/mol. The Morgan fingerprint density at radius 2 is 1.97 bits per heavy atom. The van der Waals surface area contributed by atoms with Gasteiger partial charge in [0.05, 0.1) is 10.8 Å². The Bertz CT molecular complexity index is 1080. The standard InChI is InChI=1S/C22H27N3O4S/c1-15-4-9-20(23-13-15)25-11-10-24(14-22(25,2)3)30(28,29)17-7-5-16-6-8-18(21(26)27)19(16)12-17/h4-5,7,9,12-13,18H,6,8,10-11,14H2,1-3H3,(H,26,27). The number of rotatable bonds is 4. The third-order valence-electron chi connectivity index (χ3n) is 6.17. The summed E-state index contributed by atoms with van der Waals surface area (Å²) in [4.78, 5) is 18.4. The molecule has 0 bridgehead atoms. The van der Waals surface area contributed by atoms with Crippen LogP contribution in [0.5, 0.6) is 0 Å². The fourth-order valence-electron chi connectivity index (χ4n) is 4.51. The molecule has 1 N–H and O–H groups in total. The van der Waals surface area contributed by atoms with E-state index in [0.29, 0.717) is 38.0 Å². The van der Waals surface area contributed by atoms with Crippen molar-refractivity contribution in [2.45, 2.75) is 50.0 Å². The van der Waals surface area contributed by atoms with Crippen LogP contribution >= 0.6 is 0 Å². The van der Waals surface area contributed by atoms with E-state index in [1.165, 1.54) is 4.31 Å².